The van der Waals surface area contributed by atoms with Crippen molar-refractivity contribution in [3.8, 4) is 11.5 Å². The Morgan fingerprint density at radius 2 is 1.56 bits per heavy atom. The van der Waals surface area contributed by atoms with Crippen molar-refractivity contribution in [1.82, 2.24) is 4.98 Å². The van der Waals surface area contributed by atoms with Crippen molar-refractivity contribution < 1.29 is 46.2 Å². The van der Waals surface area contributed by atoms with Gasteiger partial charge in [0, 0.05) is 31.5 Å². The normalized spacial score (nSPS) is 14.0. The molecule has 45 heavy (non-hydrogen) atoms. The Hall–Kier alpha value is -4.54. The summed E-state index contributed by atoms with van der Waals surface area (Å²) in [5.74, 6) is -4.04. The summed E-state index contributed by atoms with van der Waals surface area (Å²) >= 11 is 0. The second-order valence-corrected chi connectivity index (χ2v) is 10.7. The first-order chi connectivity index (χ1) is 21.2. The number of ether oxygens (including phenoxy) is 3. The average Bonchev–Trinajstić information content (AvgIpc) is 2.99. The Kier molecular flexibility index (Phi) is 12.0. The summed E-state index contributed by atoms with van der Waals surface area (Å²) in [5.41, 5.74) is 0.451. The van der Waals surface area contributed by atoms with Gasteiger partial charge < -0.3 is 14.2 Å². The summed E-state index contributed by atoms with van der Waals surface area (Å²) in [7, 11) is 1.34. The molecule has 0 amide bonds. The van der Waals surface area contributed by atoms with Crippen LogP contribution in [0, 0.1) is 23.6 Å². The number of ketones is 1. The van der Waals surface area contributed by atoms with E-state index < -0.39 is 53.2 Å². The van der Waals surface area contributed by atoms with Crippen LogP contribution in [0.1, 0.15) is 54.4 Å². The number of pyridine rings is 1. The van der Waals surface area contributed by atoms with Crippen molar-refractivity contribution in [2.75, 3.05) is 7.11 Å². The SMILES string of the molecule is C=C[C@H](Cc1ccc(C(F)(F)F)cc1)[C@@H](Cc1ccc(F)cc1)[C@H](C)OC(=O)[C@H](C)CC(=O)c1nccc(OC)c1OC(C)=O. The molecule has 240 valence electrons. The van der Waals surface area contributed by atoms with Crippen LogP contribution in [0.25, 0.3) is 0 Å². The van der Waals surface area contributed by atoms with Gasteiger partial charge in [-0.1, -0.05) is 37.3 Å². The summed E-state index contributed by atoms with van der Waals surface area (Å²) in [4.78, 5) is 42.0. The van der Waals surface area contributed by atoms with Crippen LogP contribution in [0.3, 0.4) is 0 Å². The van der Waals surface area contributed by atoms with E-state index in [-0.39, 0.29) is 29.5 Å². The molecule has 0 spiro atoms. The van der Waals surface area contributed by atoms with Gasteiger partial charge in [-0.05, 0) is 61.1 Å². The zero-order chi connectivity index (χ0) is 33.3. The van der Waals surface area contributed by atoms with E-state index in [2.05, 4.69) is 11.6 Å². The molecular formula is C34H35F4NO6. The number of hydrogen-bond acceptors (Lipinski definition) is 7. The third-order valence-electron chi connectivity index (χ3n) is 7.39. The predicted octanol–water partition coefficient (Wildman–Crippen LogP) is 7.22. The van der Waals surface area contributed by atoms with Gasteiger partial charge in [-0.2, -0.15) is 13.2 Å². The fourth-order valence-electron chi connectivity index (χ4n) is 4.95. The Morgan fingerprint density at radius 3 is 2.11 bits per heavy atom. The minimum Gasteiger partial charge on any atom is -0.493 e. The Bertz CT molecular complexity index is 1490. The molecule has 0 radical (unpaired) electrons. The zero-order valence-electron chi connectivity index (χ0n) is 25.4. The number of halogens is 4. The average molecular weight is 630 g/mol. The van der Waals surface area contributed by atoms with E-state index in [0.717, 1.165) is 17.7 Å². The van der Waals surface area contributed by atoms with Gasteiger partial charge in [0.25, 0.3) is 0 Å². The lowest BCUT2D eigenvalue weighted by molar-refractivity contribution is -0.156. The molecule has 0 aliphatic carbocycles. The van der Waals surface area contributed by atoms with E-state index in [1.54, 1.807) is 25.1 Å². The molecule has 3 aromatic rings. The topological polar surface area (TPSA) is 91.8 Å². The number of rotatable bonds is 14. The van der Waals surface area contributed by atoms with Crippen molar-refractivity contribution in [2.45, 2.75) is 52.3 Å². The molecule has 7 nitrogen and oxygen atoms in total. The molecule has 0 saturated heterocycles. The van der Waals surface area contributed by atoms with Gasteiger partial charge in [0.2, 0.25) is 5.75 Å². The lowest BCUT2D eigenvalue weighted by atomic mass is 9.79. The van der Waals surface area contributed by atoms with Crippen LogP contribution < -0.4 is 9.47 Å². The highest BCUT2D eigenvalue weighted by molar-refractivity contribution is 5.99. The van der Waals surface area contributed by atoms with Crippen LogP contribution in [-0.4, -0.2) is 35.9 Å². The van der Waals surface area contributed by atoms with Crippen LogP contribution in [0.5, 0.6) is 11.5 Å². The summed E-state index contributed by atoms with van der Waals surface area (Å²) in [6.45, 7) is 8.29. The summed E-state index contributed by atoms with van der Waals surface area (Å²) in [6, 6.07) is 12.1. The smallest absolute Gasteiger partial charge is 0.416 e. The fraction of sp³-hybridized carbons (Fsp3) is 0.353. The number of benzene rings is 2. The third-order valence-corrected chi connectivity index (χ3v) is 7.39. The number of methoxy groups -OCH3 is 1. The molecule has 0 bridgehead atoms. The molecule has 0 saturated carbocycles. The molecule has 3 rings (SSSR count). The standard InChI is InChI=1S/C34H35F4NO6/c1-6-25(18-23-7-11-26(12-8-23)34(36,37)38)28(19-24-9-13-27(35)14-10-24)21(3)44-33(42)20(2)17-29(41)31-32(45-22(4)40)30(43-5)15-16-39-31/h6-16,20-21,25,28H,1,17-19H2,2-5H3/t20-,21+,25-,28+/m1/s1. The number of carbonyl (C=O) groups excluding carboxylic acids is 3. The van der Waals surface area contributed by atoms with Gasteiger partial charge in [-0.15, -0.1) is 6.58 Å². The summed E-state index contributed by atoms with van der Waals surface area (Å²) < 4.78 is 69.0. The predicted molar refractivity (Wildman–Crippen MR) is 158 cm³/mol. The first-order valence-electron chi connectivity index (χ1n) is 14.2. The lowest BCUT2D eigenvalue weighted by Crippen LogP contribution is -2.34. The van der Waals surface area contributed by atoms with Gasteiger partial charge in [-0.3, -0.25) is 14.4 Å². The van der Waals surface area contributed by atoms with E-state index in [1.807, 2.05) is 0 Å². The largest absolute Gasteiger partial charge is 0.493 e. The van der Waals surface area contributed by atoms with Crippen molar-refractivity contribution in [3.63, 3.8) is 0 Å². The highest BCUT2D eigenvalue weighted by Crippen LogP contribution is 2.33. The molecule has 2 aromatic carbocycles. The molecule has 0 unspecified atom stereocenters. The molecule has 0 N–H and O–H groups in total. The highest BCUT2D eigenvalue weighted by Gasteiger charge is 2.33. The maximum Gasteiger partial charge on any atom is 0.416 e. The van der Waals surface area contributed by atoms with Gasteiger partial charge >= 0.3 is 18.1 Å². The van der Waals surface area contributed by atoms with E-state index in [0.29, 0.717) is 18.4 Å². The maximum absolute atomic E-state index is 13.6. The van der Waals surface area contributed by atoms with Crippen molar-refractivity contribution in [3.05, 3.63) is 102 Å². The number of hydrogen-bond donors (Lipinski definition) is 0. The molecule has 1 aromatic heterocycles. The van der Waals surface area contributed by atoms with Crippen LogP contribution in [0.2, 0.25) is 0 Å². The Balaban J connectivity index is 1.80. The van der Waals surface area contributed by atoms with Crippen molar-refractivity contribution in [2.24, 2.45) is 17.8 Å². The minimum absolute atomic E-state index is 0.125. The quantitative estimate of drug-likeness (QED) is 0.0805. The Labute approximate surface area is 259 Å². The van der Waals surface area contributed by atoms with Crippen LogP contribution >= 0.6 is 0 Å². The fourth-order valence-corrected chi connectivity index (χ4v) is 4.95. The van der Waals surface area contributed by atoms with Gasteiger partial charge in [0.05, 0.1) is 18.6 Å². The first kappa shape index (κ1) is 34.9. The van der Waals surface area contributed by atoms with Gasteiger partial charge in [0.15, 0.2) is 17.2 Å². The molecular weight excluding hydrogens is 594 g/mol. The maximum atomic E-state index is 13.6. The third kappa shape index (κ3) is 9.72. The van der Waals surface area contributed by atoms with E-state index in [4.69, 9.17) is 14.2 Å². The molecule has 4 atom stereocenters. The lowest BCUT2D eigenvalue weighted by Gasteiger charge is -2.31. The van der Waals surface area contributed by atoms with Gasteiger partial charge in [0.1, 0.15) is 11.9 Å². The number of aromatic nitrogens is 1. The molecule has 0 aliphatic heterocycles. The second-order valence-electron chi connectivity index (χ2n) is 10.7. The number of allylic oxidation sites excluding steroid dienone is 1. The van der Waals surface area contributed by atoms with Crippen molar-refractivity contribution >= 4 is 17.7 Å². The molecule has 0 aliphatic rings. The van der Waals surface area contributed by atoms with Crippen LogP contribution in [0.4, 0.5) is 17.6 Å². The number of Topliss-reactive ketones (excluding diaryl/α,β-unsaturated/α-hetero) is 1. The summed E-state index contributed by atoms with van der Waals surface area (Å²) in [6.07, 6.45) is -1.87. The number of nitrogens with zero attached hydrogens (tertiary/aromatic N) is 1. The number of alkyl halides is 3. The molecule has 11 heteroatoms. The van der Waals surface area contributed by atoms with Crippen molar-refractivity contribution in [1.29, 1.82) is 0 Å². The van der Waals surface area contributed by atoms with Gasteiger partial charge in [-0.25, -0.2) is 9.37 Å². The monoisotopic (exact) mass is 629 g/mol. The number of carbonyl (C=O) groups is 3. The van der Waals surface area contributed by atoms with E-state index in [1.165, 1.54) is 57.5 Å². The zero-order valence-corrected chi connectivity index (χ0v) is 25.4. The molecule has 1 heterocycles. The summed E-state index contributed by atoms with van der Waals surface area (Å²) in [5, 5.41) is 0. The Morgan fingerprint density at radius 1 is 0.956 bits per heavy atom. The van der Waals surface area contributed by atoms with Crippen LogP contribution in [-0.2, 0) is 33.3 Å². The van der Waals surface area contributed by atoms with E-state index >= 15 is 0 Å². The molecule has 0 fully saturated rings. The second kappa shape index (κ2) is 15.5. The minimum atomic E-state index is -4.47. The first-order valence-corrected chi connectivity index (χ1v) is 14.2. The van der Waals surface area contributed by atoms with E-state index in [9.17, 15) is 31.9 Å². The van der Waals surface area contributed by atoms with Crippen LogP contribution in [0.15, 0.2) is 73.4 Å². The highest BCUT2D eigenvalue weighted by atomic mass is 19.4. The number of esters is 2.